The summed E-state index contributed by atoms with van der Waals surface area (Å²) in [5.74, 6) is 1.21. The molecule has 132 valence electrons. The topological polar surface area (TPSA) is 46.3 Å². The largest absolute Gasteiger partial charge is 0.438 e. The van der Waals surface area contributed by atoms with Crippen molar-refractivity contribution < 1.29 is 9.21 Å². The predicted octanol–water partition coefficient (Wildman–Crippen LogP) is 4.96. The lowest BCUT2D eigenvalue weighted by molar-refractivity contribution is -0.139. The van der Waals surface area contributed by atoms with E-state index in [0.29, 0.717) is 11.8 Å². The minimum Gasteiger partial charge on any atom is -0.438 e. The SMILES string of the molecule is O=C(C1CCC1)N1CCC[C@@H]1c1nc2cc(-c3ccccc3)ccc2o1. The fraction of sp³-hybridized carbons (Fsp3) is 0.364. The first kappa shape index (κ1) is 15.6. The molecule has 0 N–H and O–H groups in total. The summed E-state index contributed by atoms with van der Waals surface area (Å²) in [6.07, 6.45) is 5.22. The number of hydrogen-bond donors (Lipinski definition) is 0. The minimum atomic E-state index is -0.00400. The van der Waals surface area contributed by atoms with Crippen molar-refractivity contribution in [3.8, 4) is 11.1 Å². The van der Waals surface area contributed by atoms with Crippen molar-refractivity contribution in [1.29, 1.82) is 0 Å². The molecule has 0 spiro atoms. The lowest BCUT2D eigenvalue weighted by Gasteiger charge is -2.31. The highest BCUT2D eigenvalue weighted by Crippen LogP contribution is 2.38. The maximum Gasteiger partial charge on any atom is 0.226 e. The predicted molar refractivity (Wildman–Crippen MR) is 100 cm³/mol. The van der Waals surface area contributed by atoms with E-state index in [-0.39, 0.29) is 12.0 Å². The highest BCUT2D eigenvalue weighted by molar-refractivity contribution is 5.82. The Bertz CT molecular complexity index is 943. The summed E-state index contributed by atoms with van der Waals surface area (Å²) in [4.78, 5) is 19.5. The summed E-state index contributed by atoms with van der Waals surface area (Å²) in [5, 5.41) is 0. The van der Waals surface area contributed by atoms with Gasteiger partial charge in [0.1, 0.15) is 11.6 Å². The molecule has 1 saturated heterocycles. The number of benzene rings is 2. The third-order valence-electron chi connectivity index (χ3n) is 5.79. The third-order valence-corrected chi connectivity index (χ3v) is 5.79. The molecule has 0 radical (unpaired) electrons. The van der Waals surface area contributed by atoms with Gasteiger partial charge in [-0.05, 0) is 48.9 Å². The molecule has 0 unspecified atom stereocenters. The van der Waals surface area contributed by atoms with Crippen molar-refractivity contribution in [3.63, 3.8) is 0 Å². The molecule has 0 bridgehead atoms. The minimum absolute atomic E-state index is 0.00400. The van der Waals surface area contributed by atoms with Gasteiger partial charge in [-0.25, -0.2) is 4.98 Å². The maximum atomic E-state index is 12.7. The first-order valence-electron chi connectivity index (χ1n) is 9.56. The zero-order valence-electron chi connectivity index (χ0n) is 14.7. The molecule has 1 saturated carbocycles. The van der Waals surface area contributed by atoms with E-state index in [2.05, 4.69) is 24.3 Å². The number of rotatable bonds is 3. The molecule has 26 heavy (non-hydrogen) atoms. The standard InChI is InChI=1S/C22H22N2O2/c25-22(16-8-4-9-16)24-13-5-10-19(24)21-23-18-14-17(11-12-20(18)26-21)15-6-2-1-3-7-15/h1-3,6-7,11-12,14,16,19H,4-5,8-10,13H2/t19-/m1/s1. The number of amides is 1. The summed E-state index contributed by atoms with van der Waals surface area (Å²) < 4.78 is 6.05. The van der Waals surface area contributed by atoms with E-state index in [1.54, 1.807) is 0 Å². The molecule has 1 amide bonds. The van der Waals surface area contributed by atoms with Crippen LogP contribution in [0.2, 0.25) is 0 Å². The molecule has 1 atom stereocenters. The van der Waals surface area contributed by atoms with E-state index in [1.165, 1.54) is 12.0 Å². The van der Waals surface area contributed by atoms with Crippen molar-refractivity contribution in [3.05, 3.63) is 54.4 Å². The Morgan fingerprint density at radius 3 is 2.62 bits per heavy atom. The van der Waals surface area contributed by atoms with E-state index in [1.807, 2.05) is 29.2 Å². The van der Waals surface area contributed by atoms with Crippen molar-refractivity contribution in [2.24, 2.45) is 5.92 Å². The average molecular weight is 346 g/mol. The molecule has 2 aliphatic rings. The summed E-state index contributed by atoms with van der Waals surface area (Å²) in [7, 11) is 0. The van der Waals surface area contributed by atoms with Crippen LogP contribution in [0.5, 0.6) is 0 Å². The second-order valence-corrected chi connectivity index (χ2v) is 7.42. The number of aromatic nitrogens is 1. The third kappa shape index (κ3) is 2.61. The second-order valence-electron chi connectivity index (χ2n) is 7.42. The molecule has 2 fully saturated rings. The van der Waals surface area contributed by atoms with Crippen LogP contribution in [0.15, 0.2) is 52.9 Å². The van der Waals surface area contributed by atoms with Crippen LogP contribution in [0.25, 0.3) is 22.2 Å². The first-order valence-corrected chi connectivity index (χ1v) is 9.56. The van der Waals surface area contributed by atoms with Gasteiger partial charge < -0.3 is 9.32 Å². The molecule has 4 nitrogen and oxygen atoms in total. The zero-order chi connectivity index (χ0) is 17.5. The number of fused-ring (bicyclic) bond motifs is 1. The van der Waals surface area contributed by atoms with Crippen LogP contribution in [-0.2, 0) is 4.79 Å². The Labute approximate surface area is 152 Å². The number of hydrogen-bond acceptors (Lipinski definition) is 3. The van der Waals surface area contributed by atoms with Crippen LogP contribution >= 0.6 is 0 Å². The summed E-state index contributed by atoms with van der Waals surface area (Å²) in [6.45, 7) is 0.827. The zero-order valence-corrected chi connectivity index (χ0v) is 14.7. The average Bonchev–Trinajstić information content (AvgIpc) is 3.26. The van der Waals surface area contributed by atoms with E-state index < -0.39 is 0 Å². The van der Waals surface area contributed by atoms with Gasteiger partial charge in [0.2, 0.25) is 11.8 Å². The highest BCUT2D eigenvalue weighted by atomic mass is 16.3. The summed E-state index contributed by atoms with van der Waals surface area (Å²) in [6, 6.07) is 16.4. The van der Waals surface area contributed by atoms with Gasteiger partial charge in [-0.15, -0.1) is 0 Å². The van der Waals surface area contributed by atoms with Crippen LogP contribution in [0.1, 0.15) is 44.0 Å². The number of carbonyl (C=O) groups excluding carboxylic acids is 1. The van der Waals surface area contributed by atoms with Crippen molar-refractivity contribution in [2.45, 2.75) is 38.1 Å². The quantitative estimate of drug-likeness (QED) is 0.673. The Kier molecular flexibility index (Phi) is 3.77. The molecule has 3 aromatic rings. The number of nitrogens with zero attached hydrogens (tertiary/aromatic N) is 2. The lowest BCUT2D eigenvalue weighted by atomic mass is 9.84. The smallest absolute Gasteiger partial charge is 0.226 e. The molecule has 2 heterocycles. The fourth-order valence-corrected chi connectivity index (χ4v) is 4.07. The Morgan fingerprint density at radius 1 is 1.00 bits per heavy atom. The number of likely N-dealkylation sites (tertiary alicyclic amines) is 1. The molecular formula is C22H22N2O2. The van der Waals surface area contributed by atoms with Gasteiger partial charge in [0.25, 0.3) is 0 Å². The molecule has 5 rings (SSSR count). The van der Waals surface area contributed by atoms with Gasteiger partial charge in [0, 0.05) is 12.5 Å². The number of oxazole rings is 1. The van der Waals surface area contributed by atoms with Crippen molar-refractivity contribution >= 4 is 17.0 Å². The molecule has 1 aliphatic carbocycles. The van der Waals surface area contributed by atoms with E-state index >= 15 is 0 Å². The van der Waals surface area contributed by atoms with Crippen LogP contribution in [-0.4, -0.2) is 22.3 Å². The summed E-state index contributed by atoms with van der Waals surface area (Å²) in [5.41, 5.74) is 3.96. The Hall–Kier alpha value is -2.62. The first-order chi connectivity index (χ1) is 12.8. The molecule has 4 heteroatoms. The van der Waals surface area contributed by atoms with E-state index in [0.717, 1.165) is 48.9 Å². The molecule has 1 aliphatic heterocycles. The Morgan fingerprint density at radius 2 is 1.85 bits per heavy atom. The normalized spacial score (nSPS) is 20.5. The van der Waals surface area contributed by atoms with Crippen LogP contribution in [0.3, 0.4) is 0 Å². The van der Waals surface area contributed by atoms with Gasteiger partial charge in [-0.2, -0.15) is 0 Å². The fourth-order valence-electron chi connectivity index (χ4n) is 4.07. The maximum absolute atomic E-state index is 12.7. The van der Waals surface area contributed by atoms with Gasteiger partial charge in [0.15, 0.2) is 5.58 Å². The van der Waals surface area contributed by atoms with Crippen molar-refractivity contribution in [2.75, 3.05) is 6.54 Å². The molecular weight excluding hydrogens is 324 g/mol. The van der Waals surface area contributed by atoms with Crippen molar-refractivity contribution in [1.82, 2.24) is 9.88 Å². The lowest BCUT2D eigenvalue weighted by Crippen LogP contribution is -2.38. The Balaban J connectivity index is 1.46. The van der Waals surface area contributed by atoms with E-state index in [4.69, 9.17) is 9.40 Å². The van der Waals surface area contributed by atoms with Crippen LogP contribution in [0, 0.1) is 5.92 Å². The molecule has 1 aromatic heterocycles. The number of carbonyl (C=O) groups is 1. The van der Waals surface area contributed by atoms with Crippen LogP contribution in [0.4, 0.5) is 0 Å². The monoisotopic (exact) mass is 346 g/mol. The van der Waals surface area contributed by atoms with Gasteiger partial charge >= 0.3 is 0 Å². The molecule has 2 aromatic carbocycles. The second kappa shape index (κ2) is 6.27. The summed E-state index contributed by atoms with van der Waals surface area (Å²) >= 11 is 0. The highest BCUT2D eigenvalue weighted by Gasteiger charge is 2.38. The van der Waals surface area contributed by atoms with Gasteiger partial charge in [-0.3, -0.25) is 4.79 Å². The van der Waals surface area contributed by atoms with E-state index in [9.17, 15) is 4.79 Å². The van der Waals surface area contributed by atoms with Gasteiger partial charge in [0.05, 0.1) is 0 Å². The van der Waals surface area contributed by atoms with Gasteiger partial charge in [-0.1, -0.05) is 42.8 Å². The van der Waals surface area contributed by atoms with Crippen LogP contribution < -0.4 is 0 Å².